The van der Waals surface area contributed by atoms with E-state index in [4.69, 9.17) is 0 Å². The molecule has 1 aromatic carbocycles. The quantitative estimate of drug-likeness (QED) is 0.837. The van der Waals surface area contributed by atoms with Gasteiger partial charge in [-0.1, -0.05) is 19.1 Å². The molecule has 4 rings (SSSR count). The van der Waals surface area contributed by atoms with E-state index < -0.39 is 22.8 Å². The minimum absolute atomic E-state index is 0.449. The first kappa shape index (κ1) is 19.2. The number of benzene rings is 1. The summed E-state index contributed by atoms with van der Waals surface area (Å²) in [6.07, 6.45) is 1.24. The third-order valence-electron chi connectivity index (χ3n) is 6.15. The fraction of sp³-hybridized carbons (Fsp3) is 0.476. The molecule has 2 aromatic rings. The molecule has 0 unspecified atom stereocenters. The number of hydrogen-bond donors (Lipinski definition) is 2. The molecule has 0 amide bonds. The number of rotatable bonds is 4. The Labute approximate surface area is 162 Å². The van der Waals surface area contributed by atoms with E-state index in [9.17, 15) is 18.3 Å². The predicted molar refractivity (Wildman–Crippen MR) is 101 cm³/mol. The molecule has 7 heteroatoms. The molecule has 28 heavy (non-hydrogen) atoms. The largest absolute Gasteiger partial charge is 0.416 e. The summed E-state index contributed by atoms with van der Waals surface area (Å²) in [6.45, 7) is 4.98. The van der Waals surface area contributed by atoms with Gasteiger partial charge < -0.3 is 15.3 Å². The lowest BCUT2D eigenvalue weighted by molar-refractivity contribution is -0.137. The van der Waals surface area contributed by atoms with Crippen LogP contribution in [0.3, 0.4) is 0 Å². The third-order valence-corrected chi connectivity index (χ3v) is 6.15. The van der Waals surface area contributed by atoms with Crippen molar-refractivity contribution in [3.8, 4) is 0 Å². The van der Waals surface area contributed by atoms with Crippen molar-refractivity contribution in [3.63, 3.8) is 0 Å². The second kappa shape index (κ2) is 6.74. The first-order valence-corrected chi connectivity index (χ1v) is 9.55. The van der Waals surface area contributed by atoms with Crippen LogP contribution in [0, 0.1) is 5.41 Å². The van der Waals surface area contributed by atoms with Crippen LogP contribution in [0.25, 0.3) is 0 Å². The highest BCUT2D eigenvalue weighted by atomic mass is 19.4. The molecule has 2 fully saturated rings. The highest BCUT2D eigenvalue weighted by Crippen LogP contribution is 2.48. The second-order valence-corrected chi connectivity index (χ2v) is 8.08. The van der Waals surface area contributed by atoms with E-state index >= 15 is 0 Å². The molecule has 2 aliphatic heterocycles. The summed E-state index contributed by atoms with van der Waals surface area (Å²) in [6, 6.07) is 6.77. The number of pyridine rings is 1. The number of aliphatic hydroxyl groups is 1. The van der Waals surface area contributed by atoms with Crippen LogP contribution in [0.15, 0.2) is 42.7 Å². The summed E-state index contributed by atoms with van der Waals surface area (Å²) in [7, 11) is 0. The molecule has 150 valence electrons. The summed E-state index contributed by atoms with van der Waals surface area (Å²) in [5.41, 5.74) is -0.704. The maximum Gasteiger partial charge on any atom is 0.416 e. The van der Waals surface area contributed by atoms with Crippen LogP contribution in [-0.4, -0.2) is 36.3 Å². The predicted octanol–water partition coefficient (Wildman–Crippen LogP) is 3.55. The Morgan fingerprint density at radius 3 is 2.14 bits per heavy atom. The Balaban J connectivity index is 1.78. The minimum Gasteiger partial charge on any atom is -0.380 e. The van der Waals surface area contributed by atoms with Crippen LogP contribution in [0.1, 0.15) is 36.5 Å². The lowest BCUT2D eigenvalue weighted by Crippen LogP contribution is -2.63. The Hall–Kier alpha value is -2.12. The molecule has 0 spiro atoms. The van der Waals surface area contributed by atoms with E-state index in [1.54, 1.807) is 12.4 Å². The molecular weight excluding hydrogens is 367 g/mol. The third kappa shape index (κ3) is 3.06. The molecule has 1 aromatic heterocycles. The van der Waals surface area contributed by atoms with E-state index in [2.05, 4.69) is 15.2 Å². The lowest BCUT2D eigenvalue weighted by Gasteiger charge is -2.52. The van der Waals surface area contributed by atoms with Crippen LogP contribution < -0.4 is 10.2 Å². The van der Waals surface area contributed by atoms with Crippen molar-refractivity contribution in [3.05, 3.63) is 59.4 Å². The highest BCUT2D eigenvalue weighted by molar-refractivity contribution is 5.51. The maximum absolute atomic E-state index is 13.0. The number of nitrogens with one attached hydrogen (secondary N) is 1. The molecule has 0 radical (unpaired) electrons. The van der Waals surface area contributed by atoms with Gasteiger partial charge in [0.1, 0.15) is 5.60 Å². The van der Waals surface area contributed by atoms with E-state index in [0.717, 1.165) is 43.8 Å². The number of halogens is 3. The molecule has 1 atom stereocenters. The molecule has 2 aliphatic rings. The number of nitrogens with zero attached hydrogens (tertiary/aromatic N) is 2. The average molecular weight is 391 g/mol. The van der Waals surface area contributed by atoms with Crippen LogP contribution in [-0.2, 0) is 11.8 Å². The summed E-state index contributed by atoms with van der Waals surface area (Å²) in [5, 5.41) is 15.1. The number of anilines is 1. The molecule has 0 saturated carbocycles. The van der Waals surface area contributed by atoms with Gasteiger partial charge in [0.15, 0.2) is 0 Å². The van der Waals surface area contributed by atoms with E-state index in [-0.39, 0.29) is 0 Å². The number of alkyl halides is 3. The van der Waals surface area contributed by atoms with E-state index in [1.165, 1.54) is 12.1 Å². The SMILES string of the molecule is CC1([C@](O)(c2ccc(C(F)(F)F)cc2)c2cncc(N3CCCC3)c2)CNC1. The van der Waals surface area contributed by atoms with Gasteiger partial charge in [-0.2, -0.15) is 13.2 Å². The fourth-order valence-corrected chi connectivity index (χ4v) is 4.29. The number of hydrogen-bond acceptors (Lipinski definition) is 4. The molecule has 0 bridgehead atoms. The smallest absolute Gasteiger partial charge is 0.380 e. The highest BCUT2D eigenvalue weighted by Gasteiger charge is 2.53. The van der Waals surface area contributed by atoms with Gasteiger partial charge in [0.25, 0.3) is 0 Å². The molecule has 3 heterocycles. The summed E-state index contributed by atoms with van der Waals surface area (Å²) in [5.74, 6) is 0. The van der Waals surface area contributed by atoms with Crippen LogP contribution in [0.5, 0.6) is 0 Å². The van der Waals surface area contributed by atoms with Crippen molar-refractivity contribution in [2.45, 2.75) is 31.5 Å². The molecule has 2 saturated heterocycles. The van der Waals surface area contributed by atoms with Gasteiger partial charge in [-0.25, -0.2) is 0 Å². The van der Waals surface area contributed by atoms with Crippen molar-refractivity contribution < 1.29 is 18.3 Å². The van der Waals surface area contributed by atoms with Gasteiger partial charge in [0, 0.05) is 43.4 Å². The molecule has 4 nitrogen and oxygen atoms in total. The zero-order chi connectivity index (χ0) is 20.0. The van der Waals surface area contributed by atoms with Crippen molar-refractivity contribution in [1.82, 2.24) is 10.3 Å². The molecule has 0 aliphatic carbocycles. The maximum atomic E-state index is 13.0. The second-order valence-electron chi connectivity index (χ2n) is 8.08. The summed E-state index contributed by atoms with van der Waals surface area (Å²) in [4.78, 5) is 6.57. The number of aromatic nitrogens is 1. The molecular formula is C21H24F3N3O. The Morgan fingerprint density at radius 1 is 1.00 bits per heavy atom. The van der Waals surface area contributed by atoms with Crippen LogP contribution in [0.2, 0.25) is 0 Å². The zero-order valence-corrected chi connectivity index (χ0v) is 15.8. The first-order chi connectivity index (χ1) is 13.2. The Kier molecular flexibility index (Phi) is 4.62. The van der Waals surface area contributed by atoms with E-state index in [1.807, 2.05) is 13.0 Å². The summed E-state index contributed by atoms with van der Waals surface area (Å²) >= 11 is 0. The van der Waals surface area contributed by atoms with Crippen molar-refractivity contribution in [2.24, 2.45) is 5.41 Å². The van der Waals surface area contributed by atoms with E-state index in [0.29, 0.717) is 24.2 Å². The van der Waals surface area contributed by atoms with Gasteiger partial charge in [0.05, 0.1) is 17.4 Å². The van der Waals surface area contributed by atoms with Crippen molar-refractivity contribution in [1.29, 1.82) is 0 Å². The lowest BCUT2D eigenvalue weighted by atomic mass is 9.63. The zero-order valence-electron chi connectivity index (χ0n) is 15.8. The topological polar surface area (TPSA) is 48.4 Å². The summed E-state index contributed by atoms with van der Waals surface area (Å²) < 4.78 is 39.0. The standard InChI is InChI=1S/C21H24F3N3O/c1-19(13-26-14-19)20(28,15-4-6-16(7-5-15)21(22,23)24)17-10-18(12-25-11-17)27-8-2-3-9-27/h4-7,10-12,26,28H,2-3,8-9,13-14H2,1H3/t20-/m0/s1. The minimum atomic E-state index is -4.41. The van der Waals surface area contributed by atoms with Gasteiger partial charge in [-0.05, 0) is 36.6 Å². The fourth-order valence-electron chi connectivity index (χ4n) is 4.29. The van der Waals surface area contributed by atoms with Crippen molar-refractivity contribution >= 4 is 5.69 Å². The normalized spacial score (nSPS) is 21.2. The van der Waals surface area contributed by atoms with Gasteiger partial charge in [-0.3, -0.25) is 4.98 Å². The van der Waals surface area contributed by atoms with Crippen molar-refractivity contribution in [2.75, 3.05) is 31.1 Å². The van der Waals surface area contributed by atoms with Crippen LogP contribution >= 0.6 is 0 Å². The first-order valence-electron chi connectivity index (χ1n) is 9.55. The van der Waals surface area contributed by atoms with Crippen LogP contribution in [0.4, 0.5) is 18.9 Å². The van der Waals surface area contributed by atoms with Gasteiger partial charge in [0.2, 0.25) is 0 Å². The average Bonchev–Trinajstić information content (AvgIpc) is 3.20. The monoisotopic (exact) mass is 391 g/mol. The Morgan fingerprint density at radius 2 is 1.61 bits per heavy atom. The van der Waals surface area contributed by atoms with Gasteiger partial charge in [-0.15, -0.1) is 0 Å². The Bertz CT molecular complexity index is 843. The van der Waals surface area contributed by atoms with Gasteiger partial charge >= 0.3 is 6.18 Å². The molecule has 2 N–H and O–H groups in total.